The van der Waals surface area contributed by atoms with Crippen molar-refractivity contribution in [2.75, 3.05) is 7.11 Å². The molecule has 0 fully saturated rings. The van der Waals surface area contributed by atoms with Gasteiger partial charge in [0.05, 0.1) is 7.11 Å². The highest BCUT2D eigenvalue weighted by molar-refractivity contribution is 5.36. The fourth-order valence-electron chi connectivity index (χ4n) is 0.972. The van der Waals surface area contributed by atoms with E-state index in [2.05, 4.69) is 0 Å². The summed E-state index contributed by atoms with van der Waals surface area (Å²) >= 11 is 0. The Bertz CT molecular complexity index is 271. The van der Waals surface area contributed by atoms with Gasteiger partial charge in [-0.05, 0) is 18.6 Å². The molecule has 0 heterocycles. The van der Waals surface area contributed by atoms with E-state index in [1.54, 1.807) is 6.07 Å². The Kier molecular flexibility index (Phi) is 2.63. The summed E-state index contributed by atoms with van der Waals surface area (Å²) in [5.41, 5.74) is 0.861. The van der Waals surface area contributed by atoms with Crippen LogP contribution in [0.5, 0.6) is 5.75 Å². The zero-order valence-corrected chi connectivity index (χ0v) is 6.97. The van der Waals surface area contributed by atoms with Crippen LogP contribution in [0.1, 0.15) is 17.6 Å². The van der Waals surface area contributed by atoms with Crippen molar-refractivity contribution in [3.05, 3.63) is 29.3 Å². The molecule has 1 nitrogen and oxygen atoms in total. The molecule has 1 aromatic rings. The standard InChI is InChI=1S/C9H10F2O/c1-6-3-4-7(9(10)11)5-8(6)12-2/h3-5,9H,1-2H3. The maximum absolute atomic E-state index is 12.2. The summed E-state index contributed by atoms with van der Waals surface area (Å²) in [5, 5.41) is 0. The first kappa shape index (κ1) is 8.97. The number of aryl methyl sites for hydroxylation is 1. The van der Waals surface area contributed by atoms with Gasteiger partial charge in [-0.15, -0.1) is 0 Å². The second-order valence-corrected chi connectivity index (χ2v) is 2.53. The van der Waals surface area contributed by atoms with Gasteiger partial charge in [-0.25, -0.2) is 8.78 Å². The zero-order valence-electron chi connectivity index (χ0n) is 6.97. The van der Waals surface area contributed by atoms with Crippen molar-refractivity contribution < 1.29 is 13.5 Å². The molecular formula is C9H10F2O. The third-order valence-electron chi connectivity index (χ3n) is 1.68. The van der Waals surface area contributed by atoms with Crippen LogP contribution >= 0.6 is 0 Å². The number of hydrogen-bond acceptors (Lipinski definition) is 1. The van der Waals surface area contributed by atoms with Crippen LogP contribution in [0.25, 0.3) is 0 Å². The summed E-state index contributed by atoms with van der Waals surface area (Å²) in [4.78, 5) is 0. The summed E-state index contributed by atoms with van der Waals surface area (Å²) in [6.45, 7) is 1.81. The van der Waals surface area contributed by atoms with E-state index in [4.69, 9.17) is 4.74 Å². The molecule has 0 saturated carbocycles. The first-order chi connectivity index (χ1) is 5.65. The number of alkyl halides is 2. The van der Waals surface area contributed by atoms with Crippen LogP contribution in [0.15, 0.2) is 18.2 Å². The normalized spacial score (nSPS) is 10.4. The van der Waals surface area contributed by atoms with Gasteiger partial charge in [-0.3, -0.25) is 0 Å². The molecule has 0 unspecified atom stereocenters. The molecule has 0 aliphatic rings. The Morgan fingerprint density at radius 3 is 2.50 bits per heavy atom. The lowest BCUT2D eigenvalue weighted by molar-refractivity contribution is 0.151. The van der Waals surface area contributed by atoms with Gasteiger partial charge < -0.3 is 4.74 Å². The van der Waals surface area contributed by atoms with E-state index in [0.717, 1.165) is 5.56 Å². The van der Waals surface area contributed by atoms with Gasteiger partial charge in [0.15, 0.2) is 0 Å². The van der Waals surface area contributed by atoms with E-state index in [1.807, 2.05) is 6.92 Å². The fraction of sp³-hybridized carbons (Fsp3) is 0.333. The molecule has 1 aromatic carbocycles. The largest absolute Gasteiger partial charge is 0.496 e. The second-order valence-electron chi connectivity index (χ2n) is 2.53. The molecule has 0 N–H and O–H groups in total. The highest BCUT2D eigenvalue weighted by Gasteiger charge is 2.08. The van der Waals surface area contributed by atoms with E-state index < -0.39 is 6.43 Å². The van der Waals surface area contributed by atoms with Gasteiger partial charge in [-0.2, -0.15) is 0 Å². The number of methoxy groups -OCH3 is 1. The topological polar surface area (TPSA) is 9.23 Å². The Hall–Kier alpha value is -1.12. The summed E-state index contributed by atoms with van der Waals surface area (Å²) in [6.07, 6.45) is -2.43. The minimum absolute atomic E-state index is 0.00236. The Labute approximate surface area is 70.0 Å². The van der Waals surface area contributed by atoms with Crippen LogP contribution in [0.4, 0.5) is 8.78 Å². The Morgan fingerprint density at radius 2 is 2.00 bits per heavy atom. The molecule has 1 rings (SSSR count). The molecule has 3 heteroatoms. The summed E-state index contributed by atoms with van der Waals surface area (Å²) in [6, 6.07) is 4.39. The lowest BCUT2D eigenvalue weighted by Crippen LogP contribution is -1.90. The molecule has 66 valence electrons. The van der Waals surface area contributed by atoms with Gasteiger partial charge in [0, 0.05) is 5.56 Å². The molecule has 0 aliphatic heterocycles. The quantitative estimate of drug-likeness (QED) is 0.666. The van der Waals surface area contributed by atoms with Crippen molar-refractivity contribution in [3.63, 3.8) is 0 Å². The van der Waals surface area contributed by atoms with Crippen molar-refractivity contribution in [2.24, 2.45) is 0 Å². The highest BCUT2D eigenvalue weighted by Crippen LogP contribution is 2.25. The molecule has 0 amide bonds. The second kappa shape index (κ2) is 3.52. The van der Waals surface area contributed by atoms with Gasteiger partial charge in [0.25, 0.3) is 6.43 Å². The maximum Gasteiger partial charge on any atom is 0.263 e. The van der Waals surface area contributed by atoms with Crippen LogP contribution in [0, 0.1) is 6.92 Å². The molecule has 0 aliphatic carbocycles. The average Bonchev–Trinajstić information content (AvgIpc) is 2.05. The molecular weight excluding hydrogens is 162 g/mol. The van der Waals surface area contributed by atoms with E-state index in [0.29, 0.717) is 5.75 Å². The van der Waals surface area contributed by atoms with Gasteiger partial charge in [-0.1, -0.05) is 12.1 Å². The van der Waals surface area contributed by atoms with Crippen molar-refractivity contribution >= 4 is 0 Å². The van der Waals surface area contributed by atoms with Crippen molar-refractivity contribution in [1.29, 1.82) is 0 Å². The van der Waals surface area contributed by atoms with Crippen molar-refractivity contribution in [2.45, 2.75) is 13.3 Å². The summed E-state index contributed by atoms with van der Waals surface area (Å²) in [5.74, 6) is 0.507. The van der Waals surface area contributed by atoms with E-state index >= 15 is 0 Å². The Balaban J connectivity index is 3.05. The predicted molar refractivity (Wildman–Crippen MR) is 42.7 cm³/mol. The monoisotopic (exact) mass is 172 g/mol. The van der Waals surface area contributed by atoms with Crippen molar-refractivity contribution in [3.8, 4) is 5.75 Å². The lowest BCUT2D eigenvalue weighted by Gasteiger charge is -2.06. The van der Waals surface area contributed by atoms with E-state index in [9.17, 15) is 8.78 Å². The fourth-order valence-corrected chi connectivity index (χ4v) is 0.972. The summed E-state index contributed by atoms with van der Waals surface area (Å²) in [7, 11) is 1.47. The first-order valence-electron chi connectivity index (χ1n) is 3.58. The number of ether oxygens (including phenoxy) is 1. The number of benzene rings is 1. The number of hydrogen-bond donors (Lipinski definition) is 0. The minimum atomic E-state index is -2.43. The molecule has 0 spiro atoms. The van der Waals surface area contributed by atoms with Gasteiger partial charge >= 0.3 is 0 Å². The SMILES string of the molecule is COc1cc(C(F)F)ccc1C. The third kappa shape index (κ3) is 1.72. The lowest BCUT2D eigenvalue weighted by atomic mass is 10.1. The molecule has 0 radical (unpaired) electrons. The first-order valence-corrected chi connectivity index (χ1v) is 3.58. The van der Waals surface area contributed by atoms with Crippen LogP contribution in [0.3, 0.4) is 0 Å². The zero-order chi connectivity index (χ0) is 9.14. The van der Waals surface area contributed by atoms with Crippen LogP contribution < -0.4 is 4.74 Å². The predicted octanol–water partition coefficient (Wildman–Crippen LogP) is 2.94. The average molecular weight is 172 g/mol. The maximum atomic E-state index is 12.2. The minimum Gasteiger partial charge on any atom is -0.496 e. The smallest absolute Gasteiger partial charge is 0.263 e. The molecule has 0 atom stereocenters. The van der Waals surface area contributed by atoms with Crippen LogP contribution in [0.2, 0.25) is 0 Å². The number of rotatable bonds is 2. The molecule has 0 saturated heterocycles. The van der Waals surface area contributed by atoms with Gasteiger partial charge in [0.2, 0.25) is 0 Å². The molecule has 0 bridgehead atoms. The van der Waals surface area contributed by atoms with E-state index in [-0.39, 0.29) is 5.56 Å². The summed E-state index contributed by atoms with van der Waals surface area (Å²) < 4.78 is 29.2. The van der Waals surface area contributed by atoms with Crippen molar-refractivity contribution in [1.82, 2.24) is 0 Å². The molecule has 12 heavy (non-hydrogen) atoms. The third-order valence-corrected chi connectivity index (χ3v) is 1.68. The number of halogens is 2. The van der Waals surface area contributed by atoms with Crippen LogP contribution in [-0.4, -0.2) is 7.11 Å². The molecule has 0 aromatic heterocycles. The van der Waals surface area contributed by atoms with E-state index in [1.165, 1.54) is 19.2 Å². The Morgan fingerprint density at radius 1 is 1.33 bits per heavy atom. The van der Waals surface area contributed by atoms with Crippen LogP contribution in [-0.2, 0) is 0 Å². The highest BCUT2D eigenvalue weighted by atomic mass is 19.3. The van der Waals surface area contributed by atoms with Gasteiger partial charge in [0.1, 0.15) is 5.75 Å².